The number of hydrogen-bond acceptors (Lipinski definition) is 8. The summed E-state index contributed by atoms with van der Waals surface area (Å²) in [5.74, 6) is 0.315. The third kappa shape index (κ3) is 7.42. The lowest BCUT2D eigenvalue weighted by Crippen LogP contribution is -2.47. The lowest BCUT2D eigenvalue weighted by molar-refractivity contribution is -0.130. The molecular weight excluding hydrogens is 639 g/mol. The van der Waals surface area contributed by atoms with Crippen LogP contribution >= 0.6 is 0 Å². The van der Waals surface area contributed by atoms with Gasteiger partial charge in [-0.15, -0.1) is 10.2 Å². The van der Waals surface area contributed by atoms with Crippen LogP contribution < -0.4 is 16.0 Å². The number of benzene rings is 3. The Labute approximate surface area is 299 Å². The molecule has 11 heteroatoms. The number of nitriles is 1. The maximum absolute atomic E-state index is 13.6. The number of hydrogen-bond donors (Lipinski definition) is 4. The van der Waals surface area contributed by atoms with Gasteiger partial charge in [0.2, 0.25) is 5.91 Å². The molecule has 0 radical (unpaired) electrons. The molecule has 2 amide bonds. The summed E-state index contributed by atoms with van der Waals surface area (Å²) in [4.78, 5) is 28.4. The van der Waals surface area contributed by atoms with Crippen LogP contribution in [0.4, 0.5) is 0 Å². The van der Waals surface area contributed by atoms with Crippen molar-refractivity contribution in [2.45, 2.75) is 76.8 Å². The third-order valence-electron chi connectivity index (χ3n) is 10.3. The van der Waals surface area contributed by atoms with Crippen LogP contribution in [0.3, 0.4) is 0 Å². The molecule has 0 bridgehead atoms. The van der Waals surface area contributed by atoms with Gasteiger partial charge in [-0.3, -0.25) is 9.59 Å². The summed E-state index contributed by atoms with van der Waals surface area (Å²) in [5.41, 5.74) is 8.06. The van der Waals surface area contributed by atoms with E-state index in [4.69, 9.17) is 0 Å². The minimum Gasteiger partial charge on any atom is -0.385 e. The maximum Gasteiger partial charge on any atom is 0.251 e. The van der Waals surface area contributed by atoms with E-state index in [0.29, 0.717) is 50.2 Å². The summed E-state index contributed by atoms with van der Waals surface area (Å²) in [6.07, 6.45) is 4.07. The number of aromatic nitrogens is 4. The fourth-order valence-electron chi connectivity index (χ4n) is 7.78. The number of carbonyl (C=O) groups excluding carboxylic acids is 2. The second kappa shape index (κ2) is 15.7. The number of aryl methyl sites for hydroxylation is 3. The molecule has 264 valence electrons. The first-order valence-corrected chi connectivity index (χ1v) is 18.0. The first-order valence-electron chi connectivity index (χ1n) is 18.0. The zero-order valence-corrected chi connectivity index (χ0v) is 29.8. The Bertz CT molecular complexity index is 1840. The van der Waals surface area contributed by atoms with Crippen molar-refractivity contribution in [1.82, 2.24) is 41.5 Å². The van der Waals surface area contributed by atoms with Crippen LogP contribution in [0.25, 0.3) is 5.70 Å². The fraction of sp³-hybridized carbons (Fsp3) is 0.400. The van der Waals surface area contributed by atoms with Gasteiger partial charge < -0.3 is 20.9 Å². The molecule has 11 nitrogen and oxygen atoms in total. The van der Waals surface area contributed by atoms with Crippen molar-refractivity contribution in [3.8, 4) is 6.07 Å². The smallest absolute Gasteiger partial charge is 0.251 e. The van der Waals surface area contributed by atoms with Crippen molar-refractivity contribution < 1.29 is 9.59 Å². The molecule has 51 heavy (non-hydrogen) atoms. The predicted molar refractivity (Wildman–Crippen MR) is 197 cm³/mol. The van der Waals surface area contributed by atoms with Crippen LogP contribution in [-0.2, 0) is 29.5 Å². The monoisotopic (exact) mass is 685 g/mol. The van der Waals surface area contributed by atoms with E-state index in [-0.39, 0.29) is 24.4 Å². The quantitative estimate of drug-likeness (QED) is 0.162. The van der Waals surface area contributed by atoms with E-state index < -0.39 is 11.5 Å². The van der Waals surface area contributed by atoms with Crippen molar-refractivity contribution in [2.75, 3.05) is 26.2 Å². The largest absolute Gasteiger partial charge is 0.385 e. The van der Waals surface area contributed by atoms with Crippen LogP contribution in [0, 0.1) is 18.3 Å². The molecule has 1 unspecified atom stereocenters. The van der Waals surface area contributed by atoms with Gasteiger partial charge in [-0.1, -0.05) is 59.8 Å². The van der Waals surface area contributed by atoms with E-state index in [1.807, 2.05) is 25.1 Å². The minimum atomic E-state index is -0.903. The number of aromatic amines is 1. The molecule has 4 aromatic rings. The Morgan fingerprint density at radius 2 is 1.71 bits per heavy atom. The van der Waals surface area contributed by atoms with Crippen molar-refractivity contribution in [2.24, 2.45) is 0 Å². The highest BCUT2D eigenvalue weighted by molar-refractivity contribution is 5.94. The molecule has 1 aliphatic heterocycles. The van der Waals surface area contributed by atoms with E-state index in [9.17, 15) is 14.9 Å². The number of carbonyl (C=O) groups is 2. The highest BCUT2D eigenvalue weighted by Crippen LogP contribution is 2.47. The number of H-pyrrole nitrogens is 1. The predicted octanol–water partition coefficient (Wildman–Crippen LogP) is 4.38. The number of nitrogens with one attached hydrogen (secondary N) is 4. The summed E-state index contributed by atoms with van der Waals surface area (Å²) in [5, 5.41) is 35.8. The number of amides is 2. The van der Waals surface area contributed by atoms with Crippen molar-refractivity contribution >= 4 is 17.5 Å². The molecule has 4 N–H and O–H groups in total. The Kier molecular flexibility index (Phi) is 10.9. The second-order valence-corrected chi connectivity index (χ2v) is 13.6. The average Bonchev–Trinajstić information content (AvgIpc) is 3.84. The summed E-state index contributed by atoms with van der Waals surface area (Å²) in [7, 11) is 0. The first-order chi connectivity index (χ1) is 24.8. The van der Waals surface area contributed by atoms with Gasteiger partial charge in [-0.25, -0.2) is 0 Å². The van der Waals surface area contributed by atoms with Gasteiger partial charge in [0.05, 0.1) is 18.0 Å². The molecule has 3 atom stereocenters. The van der Waals surface area contributed by atoms with Crippen LogP contribution in [0.5, 0.6) is 0 Å². The molecule has 0 saturated carbocycles. The fourth-order valence-corrected chi connectivity index (χ4v) is 7.78. The summed E-state index contributed by atoms with van der Waals surface area (Å²) < 4.78 is 0. The van der Waals surface area contributed by atoms with Crippen LogP contribution in [-0.4, -0.2) is 75.6 Å². The zero-order chi connectivity index (χ0) is 36.0. The maximum atomic E-state index is 13.6. The SMILES string of the molecule is C=C(NCC)c1ccc2c(c1)CCc1cc(C(=O)NCC)ccc1[C@]2(C[C@@H](Cc1ccc(C)cc1)NCC(=O)N1CCCC1C#N)c1nn[nH]n1. The molecule has 2 aliphatic rings. The topological polar surface area (TPSA) is 152 Å². The van der Waals surface area contributed by atoms with Crippen LogP contribution in [0.1, 0.15) is 88.2 Å². The van der Waals surface area contributed by atoms with Gasteiger partial charge in [0.25, 0.3) is 5.91 Å². The molecule has 1 fully saturated rings. The van der Waals surface area contributed by atoms with Gasteiger partial charge >= 0.3 is 0 Å². The van der Waals surface area contributed by atoms with Crippen LogP contribution in [0.15, 0.2) is 67.2 Å². The third-order valence-corrected chi connectivity index (χ3v) is 10.3. The van der Waals surface area contributed by atoms with Crippen LogP contribution in [0.2, 0.25) is 0 Å². The zero-order valence-electron chi connectivity index (χ0n) is 29.8. The van der Waals surface area contributed by atoms with Gasteiger partial charge in [0.1, 0.15) is 6.04 Å². The number of fused-ring (bicyclic) bond motifs is 2. The van der Waals surface area contributed by atoms with E-state index in [1.54, 1.807) is 4.90 Å². The highest BCUT2D eigenvalue weighted by atomic mass is 16.2. The summed E-state index contributed by atoms with van der Waals surface area (Å²) in [6.45, 7) is 12.3. The summed E-state index contributed by atoms with van der Waals surface area (Å²) in [6, 6.07) is 22.5. The van der Waals surface area contributed by atoms with Gasteiger partial charge in [0.15, 0.2) is 5.82 Å². The Hall–Kier alpha value is -5.34. The van der Waals surface area contributed by atoms with Gasteiger partial charge in [-0.2, -0.15) is 10.5 Å². The van der Waals surface area contributed by atoms with Crippen molar-refractivity contribution in [3.63, 3.8) is 0 Å². The molecule has 2 heterocycles. The van der Waals surface area contributed by atoms with Gasteiger partial charge in [-0.05, 0) is 111 Å². The van der Waals surface area contributed by atoms with E-state index in [0.717, 1.165) is 58.5 Å². The number of tetrazole rings is 1. The lowest BCUT2D eigenvalue weighted by Gasteiger charge is -2.37. The Morgan fingerprint density at radius 3 is 2.35 bits per heavy atom. The molecule has 0 spiro atoms. The molecule has 3 aromatic carbocycles. The number of rotatable bonds is 13. The van der Waals surface area contributed by atoms with Crippen molar-refractivity contribution in [1.29, 1.82) is 5.26 Å². The van der Waals surface area contributed by atoms with Crippen molar-refractivity contribution in [3.05, 3.63) is 118 Å². The normalized spacial score (nSPS) is 18.5. The molecule has 1 saturated heterocycles. The van der Waals surface area contributed by atoms with E-state index >= 15 is 0 Å². The standard InChI is InChI=1S/C40H47N9O2/c1-5-42-27(4)29-15-17-35-30(21-29)13-14-31-22-32(38(51)43-6-2)16-18-36(31)40(35,39-45-47-48-46-39)23-33(20-28-11-9-26(3)10-12-28)44-25-37(50)49-19-7-8-34(49)24-41/h9-12,15-18,21-22,33-34,42,44H,4-8,13-14,19-20,23,25H2,1-3H3,(H,43,51)(H,45,46,47,48)/t33-,34?,40-/m1/s1. The minimum absolute atomic E-state index is 0.0820. The Morgan fingerprint density at radius 1 is 1.02 bits per heavy atom. The molecular formula is C40H47N9O2. The second-order valence-electron chi connectivity index (χ2n) is 13.6. The Balaban J connectivity index is 1.50. The number of nitrogens with zero attached hydrogens (tertiary/aromatic N) is 5. The van der Waals surface area contributed by atoms with Gasteiger partial charge in [0, 0.05) is 36.9 Å². The first kappa shape index (κ1) is 35.5. The molecule has 6 rings (SSSR count). The van der Waals surface area contributed by atoms with E-state index in [1.165, 1.54) is 5.56 Å². The highest BCUT2D eigenvalue weighted by Gasteiger charge is 2.46. The number of likely N-dealkylation sites (tertiary alicyclic amines) is 1. The summed E-state index contributed by atoms with van der Waals surface area (Å²) >= 11 is 0. The molecule has 1 aromatic heterocycles. The average molecular weight is 686 g/mol. The van der Waals surface area contributed by atoms with E-state index in [2.05, 4.69) is 106 Å². The molecule has 1 aliphatic carbocycles. The lowest BCUT2D eigenvalue weighted by atomic mass is 9.67.